The minimum absolute atomic E-state index is 0.0729. The molecule has 0 atom stereocenters. The zero-order valence-electron chi connectivity index (χ0n) is 15.2. The van der Waals surface area contributed by atoms with Gasteiger partial charge in [0.15, 0.2) is 0 Å². The lowest BCUT2D eigenvalue weighted by molar-refractivity contribution is -0.941. The van der Waals surface area contributed by atoms with Crippen molar-refractivity contribution in [1.82, 2.24) is 0 Å². The van der Waals surface area contributed by atoms with E-state index in [1.807, 2.05) is 18.2 Å². The summed E-state index contributed by atoms with van der Waals surface area (Å²) >= 11 is 0. The second kappa shape index (κ2) is 8.88. The molecule has 0 heterocycles. The molecule has 3 aromatic rings. The topological polar surface area (TPSA) is 90.7 Å². The fourth-order valence-electron chi connectivity index (χ4n) is 3.12. The third-order valence-corrected chi connectivity index (χ3v) is 4.50. The van der Waals surface area contributed by atoms with E-state index in [4.69, 9.17) is 0 Å². The van der Waals surface area contributed by atoms with E-state index in [1.54, 1.807) is 24.3 Å². The van der Waals surface area contributed by atoms with Crippen molar-refractivity contribution in [3.05, 3.63) is 116 Å². The standard InChI is InChI=1S/C21H19N3O4/c25-23(26)20-10-6-18(7-11-20)15-22(14-17-4-2-1-3-5-17)16-19-8-12-21(13-9-19)24(27)28/h1-13H,14-16H2/p+1. The molecule has 0 aliphatic carbocycles. The molecule has 3 rings (SSSR count). The summed E-state index contributed by atoms with van der Waals surface area (Å²) in [6.07, 6.45) is 0. The first-order valence-electron chi connectivity index (χ1n) is 8.85. The van der Waals surface area contributed by atoms with E-state index in [-0.39, 0.29) is 11.4 Å². The van der Waals surface area contributed by atoms with Crippen LogP contribution in [0.2, 0.25) is 0 Å². The molecule has 0 aliphatic rings. The van der Waals surface area contributed by atoms with Crippen molar-refractivity contribution in [2.24, 2.45) is 0 Å². The third-order valence-electron chi connectivity index (χ3n) is 4.50. The van der Waals surface area contributed by atoms with Crippen molar-refractivity contribution >= 4 is 11.4 Å². The van der Waals surface area contributed by atoms with Crippen LogP contribution in [-0.2, 0) is 19.6 Å². The average Bonchev–Trinajstić information content (AvgIpc) is 2.69. The third kappa shape index (κ3) is 5.21. The van der Waals surface area contributed by atoms with Gasteiger partial charge < -0.3 is 4.90 Å². The van der Waals surface area contributed by atoms with Gasteiger partial charge in [-0.1, -0.05) is 30.3 Å². The molecule has 28 heavy (non-hydrogen) atoms. The normalized spacial score (nSPS) is 10.8. The minimum atomic E-state index is -0.407. The number of nitrogens with zero attached hydrogens (tertiary/aromatic N) is 2. The van der Waals surface area contributed by atoms with Gasteiger partial charge in [-0.15, -0.1) is 0 Å². The molecule has 7 heteroatoms. The van der Waals surface area contributed by atoms with Gasteiger partial charge in [0.1, 0.15) is 19.6 Å². The monoisotopic (exact) mass is 378 g/mol. The Morgan fingerprint density at radius 1 is 0.571 bits per heavy atom. The average molecular weight is 378 g/mol. The highest BCUT2D eigenvalue weighted by Crippen LogP contribution is 2.13. The van der Waals surface area contributed by atoms with E-state index in [9.17, 15) is 20.2 Å². The van der Waals surface area contributed by atoms with Gasteiger partial charge in [0.2, 0.25) is 0 Å². The van der Waals surface area contributed by atoms with Gasteiger partial charge in [-0.2, -0.15) is 0 Å². The van der Waals surface area contributed by atoms with Crippen LogP contribution in [0.15, 0.2) is 78.9 Å². The summed E-state index contributed by atoms with van der Waals surface area (Å²) in [6.45, 7) is 2.14. The number of non-ortho nitro benzene ring substituents is 2. The quantitative estimate of drug-likeness (QED) is 0.481. The Hall–Kier alpha value is -3.58. The predicted molar refractivity (Wildman–Crippen MR) is 105 cm³/mol. The summed E-state index contributed by atoms with van der Waals surface area (Å²) in [5.41, 5.74) is 3.32. The Balaban J connectivity index is 1.77. The first-order chi connectivity index (χ1) is 13.5. The highest BCUT2D eigenvalue weighted by atomic mass is 16.6. The Labute approximate surface area is 162 Å². The number of benzene rings is 3. The molecule has 142 valence electrons. The maximum absolute atomic E-state index is 10.8. The molecule has 0 saturated carbocycles. The number of rotatable bonds is 8. The molecule has 3 aromatic carbocycles. The van der Waals surface area contributed by atoms with Gasteiger partial charge in [-0.3, -0.25) is 20.2 Å². The molecule has 0 aromatic heterocycles. The molecule has 1 N–H and O–H groups in total. The van der Waals surface area contributed by atoms with Crippen LogP contribution < -0.4 is 4.90 Å². The lowest BCUT2D eigenvalue weighted by Crippen LogP contribution is -3.08. The van der Waals surface area contributed by atoms with E-state index >= 15 is 0 Å². The van der Waals surface area contributed by atoms with Crippen LogP contribution >= 0.6 is 0 Å². The molecule has 0 bridgehead atoms. The van der Waals surface area contributed by atoms with Gasteiger partial charge in [0, 0.05) is 41.0 Å². The first-order valence-corrected chi connectivity index (χ1v) is 8.85. The van der Waals surface area contributed by atoms with Crippen LogP contribution in [0, 0.1) is 20.2 Å². The number of hydrogen-bond donors (Lipinski definition) is 1. The largest absolute Gasteiger partial charge is 0.324 e. The summed E-state index contributed by atoms with van der Waals surface area (Å²) in [6, 6.07) is 23.2. The molecule has 0 unspecified atom stereocenters. The molecular formula is C21H20N3O4+. The van der Waals surface area contributed by atoms with Gasteiger partial charge in [-0.25, -0.2) is 0 Å². The van der Waals surface area contributed by atoms with Gasteiger partial charge in [-0.05, 0) is 24.3 Å². The van der Waals surface area contributed by atoms with Crippen LogP contribution in [0.5, 0.6) is 0 Å². The Morgan fingerprint density at radius 2 is 0.929 bits per heavy atom. The zero-order chi connectivity index (χ0) is 19.9. The van der Waals surface area contributed by atoms with Crippen LogP contribution in [0.3, 0.4) is 0 Å². The lowest BCUT2D eigenvalue weighted by atomic mass is 10.1. The molecule has 7 nitrogen and oxygen atoms in total. The van der Waals surface area contributed by atoms with Gasteiger partial charge in [0.25, 0.3) is 11.4 Å². The van der Waals surface area contributed by atoms with E-state index in [0.29, 0.717) is 13.1 Å². The summed E-state index contributed by atoms with van der Waals surface area (Å²) in [5, 5.41) is 21.7. The fourth-order valence-corrected chi connectivity index (χ4v) is 3.12. The summed E-state index contributed by atoms with van der Waals surface area (Å²) < 4.78 is 0. The SMILES string of the molecule is O=[N+]([O-])c1ccc(C[NH+](Cc2ccccc2)Cc2ccc([N+](=O)[O-])cc2)cc1. The number of nitro groups is 2. The molecule has 0 amide bonds. The smallest absolute Gasteiger partial charge is 0.269 e. The van der Waals surface area contributed by atoms with Crippen molar-refractivity contribution in [1.29, 1.82) is 0 Å². The first kappa shape index (κ1) is 19.2. The molecule has 0 saturated heterocycles. The Morgan fingerprint density at radius 3 is 1.29 bits per heavy atom. The molecule has 0 aliphatic heterocycles. The van der Waals surface area contributed by atoms with Gasteiger partial charge in [0.05, 0.1) is 9.85 Å². The number of nitrogens with one attached hydrogen (secondary N) is 1. The Bertz CT molecular complexity index is 882. The summed E-state index contributed by atoms with van der Waals surface area (Å²) in [7, 11) is 0. The molecule has 0 fully saturated rings. The van der Waals surface area contributed by atoms with Crippen molar-refractivity contribution < 1.29 is 14.7 Å². The van der Waals surface area contributed by atoms with E-state index in [2.05, 4.69) is 12.1 Å². The van der Waals surface area contributed by atoms with E-state index < -0.39 is 9.85 Å². The highest BCUT2D eigenvalue weighted by molar-refractivity contribution is 5.33. The van der Waals surface area contributed by atoms with E-state index in [1.165, 1.54) is 34.7 Å². The minimum Gasteiger partial charge on any atom is -0.324 e. The van der Waals surface area contributed by atoms with E-state index in [0.717, 1.165) is 17.7 Å². The maximum atomic E-state index is 10.8. The lowest BCUT2D eigenvalue weighted by Gasteiger charge is -2.20. The van der Waals surface area contributed by atoms with Crippen LogP contribution in [0.4, 0.5) is 11.4 Å². The second-order valence-corrected chi connectivity index (χ2v) is 6.61. The van der Waals surface area contributed by atoms with Crippen molar-refractivity contribution in [2.75, 3.05) is 0 Å². The van der Waals surface area contributed by atoms with Crippen LogP contribution in [-0.4, -0.2) is 9.85 Å². The molecule has 0 spiro atoms. The van der Waals surface area contributed by atoms with Gasteiger partial charge >= 0.3 is 0 Å². The number of hydrogen-bond acceptors (Lipinski definition) is 4. The zero-order valence-corrected chi connectivity index (χ0v) is 15.2. The fraction of sp³-hybridized carbons (Fsp3) is 0.143. The van der Waals surface area contributed by atoms with Crippen molar-refractivity contribution in [3.63, 3.8) is 0 Å². The number of quaternary nitrogens is 1. The summed E-state index contributed by atoms with van der Waals surface area (Å²) in [4.78, 5) is 22.1. The van der Waals surface area contributed by atoms with Crippen molar-refractivity contribution in [3.8, 4) is 0 Å². The van der Waals surface area contributed by atoms with Crippen LogP contribution in [0.25, 0.3) is 0 Å². The maximum Gasteiger partial charge on any atom is 0.269 e. The highest BCUT2D eigenvalue weighted by Gasteiger charge is 2.14. The predicted octanol–water partition coefficient (Wildman–Crippen LogP) is 3.29. The van der Waals surface area contributed by atoms with Crippen molar-refractivity contribution in [2.45, 2.75) is 19.6 Å². The Kier molecular flexibility index (Phi) is 6.08. The summed E-state index contributed by atoms with van der Waals surface area (Å²) in [5.74, 6) is 0. The number of nitro benzene ring substituents is 2. The molecule has 0 radical (unpaired) electrons. The second-order valence-electron chi connectivity index (χ2n) is 6.61. The molecular weight excluding hydrogens is 358 g/mol. The van der Waals surface area contributed by atoms with Crippen LogP contribution in [0.1, 0.15) is 16.7 Å².